The normalized spacial score (nSPS) is 13.5. The van der Waals surface area contributed by atoms with Gasteiger partial charge in [-0.25, -0.2) is 0 Å². The van der Waals surface area contributed by atoms with Crippen LogP contribution in [0.5, 0.6) is 0 Å². The van der Waals surface area contributed by atoms with Gasteiger partial charge in [-0.05, 0) is 19.9 Å². The first kappa shape index (κ1) is 17.2. The first-order valence-electron chi connectivity index (χ1n) is 6.86. The Kier molecular flexibility index (Phi) is 6.39. The van der Waals surface area contributed by atoms with Crippen LogP contribution in [0.25, 0.3) is 0 Å². The van der Waals surface area contributed by atoms with Crippen LogP contribution in [-0.2, 0) is 4.74 Å². The highest BCUT2D eigenvalue weighted by atomic mass is 16.6. The maximum atomic E-state index is 10.9. The highest BCUT2D eigenvalue weighted by Gasteiger charge is 2.20. The summed E-state index contributed by atoms with van der Waals surface area (Å²) in [6.45, 7) is 5.02. The van der Waals surface area contributed by atoms with E-state index in [1.807, 2.05) is 6.92 Å². The van der Waals surface area contributed by atoms with Crippen LogP contribution in [0.3, 0.4) is 0 Å². The molecule has 1 rings (SSSR count). The van der Waals surface area contributed by atoms with Crippen molar-refractivity contribution in [3.63, 3.8) is 0 Å². The van der Waals surface area contributed by atoms with E-state index in [-0.39, 0.29) is 12.2 Å². The minimum atomic E-state index is -0.945. The van der Waals surface area contributed by atoms with Crippen molar-refractivity contribution in [2.24, 2.45) is 0 Å². The second-order valence-electron chi connectivity index (χ2n) is 5.15. The number of benzene rings is 1. The van der Waals surface area contributed by atoms with Crippen molar-refractivity contribution in [2.75, 3.05) is 37.4 Å². The molecular formula is C14H23N3O4. The molecule has 118 valence electrons. The summed E-state index contributed by atoms with van der Waals surface area (Å²) in [6.07, 6.45) is 0.478. The van der Waals surface area contributed by atoms with Crippen LogP contribution in [0.1, 0.15) is 20.3 Å². The minimum absolute atomic E-state index is 0.00693. The Morgan fingerprint density at radius 3 is 2.48 bits per heavy atom. The Hall–Kier alpha value is -1.86. The average molecular weight is 297 g/mol. The molecule has 0 aliphatic heterocycles. The van der Waals surface area contributed by atoms with E-state index in [0.29, 0.717) is 30.9 Å². The molecule has 0 amide bonds. The minimum Gasteiger partial charge on any atom is -0.388 e. The zero-order valence-corrected chi connectivity index (χ0v) is 12.7. The van der Waals surface area contributed by atoms with Crippen molar-refractivity contribution in [1.82, 2.24) is 0 Å². The van der Waals surface area contributed by atoms with Crippen LogP contribution in [0, 0.1) is 10.1 Å². The van der Waals surface area contributed by atoms with Gasteiger partial charge < -0.3 is 20.5 Å². The summed E-state index contributed by atoms with van der Waals surface area (Å²) in [5, 5.41) is 27.2. The smallest absolute Gasteiger partial charge is 0.273 e. The van der Waals surface area contributed by atoms with Gasteiger partial charge in [0.2, 0.25) is 0 Å². The number of nitro benzene ring substituents is 1. The third-order valence-electron chi connectivity index (χ3n) is 3.03. The Bertz CT molecular complexity index is 477. The van der Waals surface area contributed by atoms with E-state index in [0.717, 1.165) is 0 Å². The predicted molar refractivity (Wildman–Crippen MR) is 82.9 cm³/mol. The van der Waals surface area contributed by atoms with Gasteiger partial charge in [-0.2, -0.15) is 0 Å². The van der Waals surface area contributed by atoms with E-state index < -0.39 is 10.5 Å². The van der Waals surface area contributed by atoms with Gasteiger partial charge in [-0.1, -0.05) is 0 Å². The number of hydrogen-bond acceptors (Lipinski definition) is 6. The highest BCUT2D eigenvalue weighted by molar-refractivity contribution is 5.63. The van der Waals surface area contributed by atoms with Crippen molar-refractivity contribution in [3.05, 3.63) is 28.3 Å². The molecule has 0 saturated carbocycles. The molecule has 0 aliphatic carbocycles. The molecule has 0 heterocycles. The molecule has 0 radical (unpaired) electrons. The lowest BCUT2D eigenvalue weighted by Crippen LogP contribution is -2.34. The van der Waals surface area contributed by atoms with Crippen molar-refractivity contribution >= 4 is 17.1 Å². The zero-order chi connectivity index (χ0) is 15.9. The summed E-state index contributed by atoms with van der Waals surface area (Å²) in [7, 11) is 1.58. The summed E-state index contributed by atoms with van der Waals surface area (Å²) >= 11 is 0. The van der Waals surface area contributed by atoms with Gasteiger partial charge in [0.05, 0.1) is 10.5 Å². The molecule has 1 atom stereocenters. The van der Waals surface area contributed by atoms with Crippen molar-refractivity contribution in [3.8, 4) is 0 Å². The summed E-state index contributed by atoms with van der Waals surface area (Å²) < 4.78 is 4.94. The van der Waals surface area contributed by atoms with Crippen LogP contribution in [0.4, 0.5) is 17.1 Å². The first-order chi connectivity index (χ1) is 9.88. The zero-order valence-electron chi connectivity index (χ0n) is 12.7. The van der Waals surface area contributed by atoms with E-state index >= 15 is 0 Å². The molecule has 7 nitrogen and oxygen atoms in total. The Balaban J connectivity index is 2.79. The number of methoxy groups -OCH3 is 1. The monoisotopic (exact) mass is 297 g/mol. The topological polar surface area (TPSA) is 96.7 Å². The molecule has 0 aromatic heterocycles. The lowest BCUT2D eigenvalue weighted by atomic mass is 10.0. The number of nitrogens with one attached hydrogen (secondary N) is 2. The van der Waals surface area contributed by atoms with Crippen LogP contribution in [0.15, 0.2) is 18.2 Å². The van der Waals surface area contributed by atoms with E-state index in [9.17, 15) is 15.2 Å². The van der Waals surface area contributed by atoms with Crippen LogP contribution in [0.2, 0.25) is 0 Å². The molecule has 7 heteroatoms. The summed E-state index contributed by atoms with van der Waals surface area (Å²) in [6, 6.07) is 4.72. The van der Waals surface area contributed by atoms with E-state index in [2.05, 4.69) is 10.6 Å². The SMILES string of the molecule is CCNc1cc(NCC(C)(O)CCOC)cc([N+](=O)[O-])c1. The van der Waals surface area contributed by atoms with Crippen molar-refractivity contribution < 1.29 is 14.8 Å². The largest absolute Gasteiger partial charge is 0.388 e. The fourth-order valence-electron chi connectivity index (χ4n) is 1.83. The van der Waals surface area contributed by atoms with Gasteiger partial charge >= 0.3 is 0 Å². The molecule has 0 fully saturated rings. The van der Waals surface area contributed by atoms with E-state index in [1.54, 1.807) is 20.1 Å². The average Bonchev–Trinajstić information content (AvgIpc) is 2.43. The van der Waals surface area contributed by atoms with E-state index in [4.69, 9.17) is 4.74 Å². The second-order valence-corrected chi connectivity index (χ2v) is 5.15. The number of ether oxygens (including phenoxy) is 1. The van der Waals surface area contributed by atoms with Gasteiger partial charge in [0.15, 0.2) is 0 Å². The number of nitro groups is 1. The quantitative estimate of drug-likeness (QED) is 0.478. The summed E-state index contributed by atoms with van der Waals surface area (Å²) in [5.74, 6) is 0. The van der Waals surface area contributed by atoms with Crippen LogP contribution < -0.4 is 10.6 Å². The van der Waals surface area contributed by atoms with E-state index in [1.165, 1.54) is 12.1 Å². The molecule has 1 aromatic carbocycles. The summed E-state index contributed by atoms with van der Waals surface area (Å²) in [5.41, 5.74) is 0.329. The lowest BCUT2D eigenvalue weighted by molar-refractivity contribution is -0.384. The third kappa shape index (κ3) is 5.97. The predicted octanol–water partition coefficient (Wildman–Crippen LogP) is 2.23. The number of non-ortho nitro benzene ring substituents is 1. The maximum Gasteiger partial charge on any atom is 0.273 e. The molecule has 0 aliphatic rings. The fourth-order valence-corrected chi connectivity index (χ4v) is 1.83. The number of nitrogens with zero attached hydrogens (tertiary/aromatic N) is 1. The lowest BCUT2D eigenvalue weighted by Gasteiger charge is -2.24. The molecule has 0 bridgehead atoms. The Morgan fingerprint density at radius 1 is 1.33 bits per heavy atom. The molecule has 1 unspecified atom stereocenters. The molecule has 21 heavy (non-hydrogen) atoms. The Labute approximate surface area is 124 Å². The summed E-state index contributed by atoms with van der Waals surface area (Å²) in [4.78, 5) is 10.5. The third-order valence-corrected chi connectivity index (χ3v) is 3.03. The number of aliphatic hydroxyl groups is 1. The van der Waals surface area contributed by atoms with Crippen LogP contribution >= 0.6 is 0 Å². The fraction of sp³-hybridized carbons (Fsp3) is 0.571. The first-order valence-corrected chi connectivity index (χ1v) is 6.86. The Morgan fingerprint density at radius 2 is 1.95 bits per heavy atom. The molecular weight excluding hydrogens is 274 g/mol. The molecule has 1 aromatic rings. The van der Waals surface area contributed by atoms with Crippen molar-refractivity contribution in [2.45, 2.75) is 25.9 Å². The molecule has 0 saturated heterocycles. The molecule has 3 N–H and O–H groups in total. The number of hydrogen-bond donors (Lipinski definition) is 3. The van der Waals surface area contributed by atoms with Gasteiger partial charge in [0, 0.05) is 56.7 Å². The van der Waals surface area contributed by atoms with Gasteiger partial charge in [0.25, 0.3) is 5.69 Å². The second kappa shape index (κ2) is 7.80. The van der Waals surface area contributed by atoms with Crippen LogP contribution in [-0.4, -0.2) is 42.4 Å². The number of anilines is 2. The molecule has 0 spiro atoms. The maximum absolute atomic E-state index is 10.9. The standard InChI is InChI=1S/C14H23N3O4/c1-4-15-11-7-12(9-13(8-11)17(19)20)16-10-14(2,18)5-6-21-3/h7-9,15-16,18H,4-6,10H2,1-3H3. The van der Waals surface area contributed by atoms with Gasteiger partial charge in [0.1, 0.15) is 0 Å². The van der Waals surface area contributed by atoms with Gasteiger partial charge in [-0.15, -0.1) is 0 Å². The van der Waals surface area contributed by atoms with Gasteiger partial charge in [-0.3, -0.25) is 10.1 Å². The highest BCUT2D eigenvalue weighted by Crippen LogP contribution is 2.25. The van der Waals surface area contributed by atoms with Crippen molar-refractivity contribution in [1.29, 1.82) is 0 Å². The number of rotatable bonds is 9.